The Labute approximate surface area is 104 Å². The van der Waals surface area contributed by atoms with Crippen LogP contribution in [0.25, 0.3) is 0 Å². The molecule has 0 aromatic carbocycles. The summed E-state index contributed by atoms with van der Waals surface area (Å²) in [5, 5.41) is 0. The van der Waals surface area contributed by atoms with Crippen molar-refractivity contribution in [3.05, 3.63) is 0 Å². The maximum Gasteiger partial charge on any atom is 0.233 e. The molecule has 0 aromatic heterocycles. The van der Waals surface area contributed by atoms with Crippen LogP contribution >= 0.6 is 0 Å². The van der Waals surface area contributed by atoms with Gasteiger partial charge in [0.15, 0.2) is 0 Å². The molecule has 3 rings (SSSR count). The first kappa shape index (κ1) is 11.5. The van der Waals surface area contributed by atoms with E-state index in [1.807, 2.05) is 6.92 Å². The van der Waals surface area contributed by atoms with Crippen LogP contribution in [-0.2, 0) is 9.53 Å². The molecule has 3 fully saturated rings. The molecule has 2 aliphatic heterocycles. The quantitative estimate of drug-likeness (QED) is 0.735. The first-order chi connectivity index (χ1) is 7.99. The minimum atomic E-state index is -0.224. The van der Waals surface area contributed by atoms with Crippen LogP contribution in [0.15, 0.2) is 0 Å². The average Bonchev–Trinajstić information content (AvgIpc) is 2.08. The molecule has 0 aromatic rings. The fourth-order valence-corrected chi connectivity index (χ4v) is 3.98. The van der Waals surface area contributed by atoms with E-state index in [2.05, 4.69) is 18.7 Å². The third-order valence-corrected chi connectivity index (χ3v) is 5.05. The minimum Gasteiger partial charge on any atom is -0.379 e. The van der Waals surface area contributed by atoms with Crippen molar-refractivity contribution in [2.24, 2.45) is 16.7 Å². The van der Waals surface area contributed by atoms with Gasteiger partial charge in [0.2, 0.25) is 5.91 Å². The summed E-state index contributed by atoms with van der Waals surface area (Å²) in [6, 6.07) is 0.487. The number of carbonyl (C=O) groups excluding carboxylic acids is 1. The van der Waals surface area contributed by atoms with Gasteiger partial charge in [-0.15, -0.1) is 0 Å². The second kappa shape index (κ2) is 3.47. The number of rotatable bonds is 2. The SMILES string of the molecule is CC(C)C1N(C(=O)C2(C)COC2)CC12CCC2. The highest BCUT2D eigenvalue weighted by atomic mass is 16.5. The molecule has 0 radical (unpaired) electrons. The van der Waals surface area contributed by atoms with Gasteiger partial charge in [-0.3, -0.25) is 4.79 Å². The Morgan fingerprint density at radius 3 is 2.35 bits per heavy atom. The van der Waals surface area contributed by atoms with E-state index in [1.165, 1.54) is 19.3 Å². The van der Waals surface area contributed by atoms with Gasteiger partial charge in [0.25, 0.3) is 0 Å². The van der Waals surface area contributed by atoms with Crippen molar-refractivity contribution in [1.82, 2.24) is 4.90 Å². The molecule has 2 saturated heterocycles. The van der Waals surface area contributed by atoms with Gasteiger partial charge in [-0.2, -0.15) is 0 Å². The topological polar surface area (TPSA) is 29.5 Å². The van der Waals surface area contributed by atoms with E-state index in [0.717, 1.165) is 6.54 Å². The fourth-order valence-electron chi connectivity index (χ4n) is 3.98. The van der Waals surface area contributed by atoms with Gasteiger partial charge in [-0.25, -0.2) is 0 Å². The Morgan fingerprint density at radius 1 is 1.35 bits per heavy atom. The van der Waals surface area contributed by atoms with Crippen LogP contribution in [0.2, 0.25) is 0 Å². The van der Waals surface area contributed by atoms with Crippen molar-refractivity contribution in [2.45, 2.75) is 46.1 Å². The maximum atomic E-state index is 12.5. The predicted octanol–water partition coefficient (Wildman–Crippen LogP) is 2.06. The van der Waals surface area contributed by atoms with E-state index in [9.17, 15) is 4.79 Å². The first-order valence-corrected chi connectivity index (χ1v) is 6.87. The molecule has 1 amide bonds. The lowest BCUT2D eigenvalue weighted by Gasteiger charge is -2.65. The standard InChI is InChI=1S/C14H23NO2/c1-10(2)11-14(5-4-6-14)7-15(11)12(16)13(3)8-17-9-13/h10-11H,4-9H2,1-3H3. The molecule has 2 heterocycles. The van der Waals surface area contributed by atoms with Crippen molar-refractivity contribution in [1.29, 1.82) is 0 Å². The number of ether oxygens (including phenoxy) is 1. The summed E-state index contributed by atoms with van der Waals surface area (Å²) in [4.78, 5) is 14.7. The zero-order valence-electron chi connectivity index (χ0n) is 11.2. The molecule has 1 saturated carbocycles. The molecule has 17 heavy (non-hydrogen) atoms. The van der Waals surface area contributed by atoms with Crippen LogP contribution in [-0.4, -0.2) is 36.6 Å². The molecule has 0 N–H and O–H groups in total. The molecular formula is C14H23NO2. The lowest BCUT2D eigenvalue weighted by Crippen LogP contribution is -2.73. The van der Waals surface area contributed by atoms with E-state index in [-0.39, 0.29) is 5.41 Å². The summed E-state index contributed by atoms with van der Waals surface area (Å²) < 4.78 is 5.22. The monoisotopic (exact) mass is 237 g/mol. The molecule has 1 atom stereocenters. The molecular weight excluding hydrogens is 214 g/mol. The zero-order valence-corrected chi connectivity index (χ0v) is 11.2. The van der Waals surface area contributed by atoms with E-state index in [4.69, 9.17) is 4.74 Å². The van der Waals surface area contributed by atoms with E-state index < -0.39 is 0 Å². The van der Waals surface area contributed by atoms with Gasteiger partial charge in [0.1, 0.15) is 0 Å². The van der Waals surface area contributed by atoms with Gasteiger partial charge in [-0.05, 0) is 25.7 Å². The summed E-state index contributed by atoms with van der Waals surface area (Å²) >= 11 is 0. The lowest BCUT2D eigenvalue weighted by molar-refractivity contribution is -0.203. The molecule has 1 aliphatic carbocycles. The smallest absolute Gasteiger partial charge is 0.233 e. The zero-order chi connectivity index (χ0) is 12.3. The third kappa shape index (κ3) is 1.41. The normalized spacial score (nSPS) is 32.9. The summed E-state index contributed by atoms with van der Waals surface area (Å²) in [5.41, 5.74) is 0.267. The highest BCUT2D eigenvalue weighted by Gasteiger charge is 2.60. The number of hydrogen-bond acceptors (Lipinski definition) is 2. The van der Waals surface area contributed by atoms with Crippen LogP contribution < -0.4 is 0 Å². The van der Waals surface area contributed by atoms with Crippen molar-refractivity contribution in [3.63, 3.8) is 0 Å². The number of nitrogens with zero attached hydrogens (tertiary/aromatic N) is 1. The lowest BCUT2D eigenvalue weighted by atomic mass is 9.55. The van der Waals surface area contributed by atoms with Crippen LogP contribution in [0, 0.1) is 16.7 Å². The largest absolute Gasteiger partial charge is 0.379 e. The van der Waals surface area contributed by atoms with Crippen LogP contribution in [0.4, 0.5) is 0 Å². The molecule has 0 bridgehead atoms. The van der Waals surface area contributed by atoms with Crippen LogP contribution in [0.3, 0.4) is 0 Å². The summed E-state index contributed by atoms with van der Waals surface area (Å²) in [6.07, 6.45) is 4.01. The maximum absolute atomic E-state index is 12.5. The highest BCUT2D eigenvalue weighted by Crippen LogP contribution is 2.56. The van der Waals surface area contributed by atoms with Crippen molar-refractivity contribution < 1.29 is 9.53 Å². The second-order valence-corrected chi connectivity index (χ2v) is 6.89. The van der Waals surface area contributed by atoms with Crippen molar-refractivity contribution >= 4 is 5.91 Å². The summed E-state index contributed by atoms with van der Waals surface area (Å²) in [5.74, 6) is 0.914. The van der Waals surface area contributed by atoms with Gasteiger partial charge in [0, 0.05) is 18.0 Å². The molecule has 3 heteroatoms. The predicted molar refractivity (Wildman–Crippen MR) is 65.5 cm³/mol. The molecule has 1 unspecified atom stereocenters. The summed E-state index contributed by atoms with van der Waals surface area (Å²) in [6.45, 7) is 8.78. The van der Waals surface area contributed by atoms with Gasteiger partial charge in [-0.1, -0.05) is 20.3 Å². The molecule has 3 aliphatic rings. The van der Waals surface area contributed by atoms with Crippen molar-refractivity contribution in [3.8, 4) is 0 Å². The second-order valence-electron chi connectivity index (χ2n) is 6.89. The molecule has 1 spiro atoms. The van der Waals surface area contributed by atoms with Gasteiger partial charge < -0.3 is 9.64 Å². The molecule has 3 nitrogen and oxygen atoms in total. The fraction of sp³-hybridized carbons (Fsp3) is 0.929. The Hall–Kier alpha value is -0.570. The van der Waals surface area contributed by atoms with E-state index in [0.29, 0.717) is 36.5 Å². The Bertz CT molecular complexity index is 342. The number of hydrogen-bond donors (Lipinski definition) is 0. The summed E-state index contributed by atoms with van der Waals surface area (Å²) in [7, 11) is 0. The van der Waals surface area contributed by atoms with E-state index >= 15 is 0 Å². The first-order valence-electron chi connectivity index (χ1n) is 6.87. The number of likely N-dealkylation sites (tertiary alicyclic amines) is 1. The Kier molecular flexibility index (Phi) is 2.35. The Balaban J connectivity index is 1.74. The minimum absolute atomic E-state index is 0.224. The van der Waals surface area contributed by atoms with Gasteiger partial charge in [0.05, 0.1) is 18.6 Å². The number of carbonyl (C=O) groups is 1. The van der Waals surface area contributed by atoms with Gasteiger partial charge >= 0.3 is 0 Å². The number of amides is 1. The van der Waals surface area contributed by atoms with E-state index in [1.54, 1.807) is 0 Å². The Morgan fingerprint density at radius 2 is 2.00 bits per heavy atom. The highest BCUT2D eigenvalue weighted by molar-refractivity contribution is 5.84. The third-order valence-electron chi connectivity index (χ3n) is 5.05. The van der Waals surface area contributed by atoms with Crippen LogP contribution in [0.5, 0.6) is 0 Å². The average molecular weight is 237 g/mol. The van der Waals surface area contributed by atoms with Crippen LogP contribution in [0.1, 0.15) is 40.0 Å². The van der Waals surface area contributed by atoms with Crippen molar-refractivity contribution in [2.75, 3.05) is 19.8 Å². The molecule has 96 valence electrons.